The Morgan fingerprint density at radius 2 is 0.671 bits per heavy atom. The van der Waals surface area contributed by atoms with Gasteiger partial charge in [-0.15, -0.1) is 0 Å². The molecule has 0 bridgehead atoms. The Bertz CT molecular complexity index is 1660. The van der Waals surface area contributed by atoms with Crippen LogP contribution in [0.2, 0.25) is 0 Å². The summed E-state index contributed by atoms with van der Waals surface area (Å²) in [6, 6.07) is 0. The Balaban J connectivity index is 4.02. The number of hydrogen-bond donors (Lipinski definition) is 0. The summed E-state index contributed by atoms with van der Waals surface area (Å²) in [7, 11) is 1.17. The molecule has 0 amide bonds. The summed E-state index contributed by atoms with van der Waals surface area (Å²) in [6.45, 7) is 4.18. The van der Waals surface area contributed by atoms with Crippen molar-refractivity contribution in [2.24, 2.45) is 0 Å². The van der Waals surface area contributed by atoms with E-state index in [-0.39, 0.29) is 32.0 Å². The van der Waals surface area contributed by atoms with Crippen molar-refractivity contribution in [1.29, 1.82) is 0 Å². The molecule has 9 nitrogen and oxygen atoms in total. The van der Waals surface area contributed by atoms with Gasteiger partial charge in [0.25, 0.3) is 7.82 Å². The average molecular weight is 1210 g/mol. The van der Waals surface area contributed by atoms with E-state index in [4.69, 9.17) is 18.5 Å². The number of phosphoric acid groups is 1. The van der Waals surface area contributed by atoms with Crippen LogP contribution in [0.5, 0.6) is 0 Å². The summed E-state index contributed by atoms with van der Waals surface area (Å²) >= 11 is 0. The molecule has 0 saturated carbocycles. The lowest BCUT2D eigenvalue weighted by Crippen LogP contribution is -2.37. The topological polar surface area (TPSA) is 111 Å². The van der Waals surface area contributed by atoms with Crippen molar-refractivity contribution in [1.82, 2.24) is 0 Å². The molecule has 0 aromatic heterocycles. The van der Waals surface area contributed by atoms with Crippen molar-refractivity contribution in [2.45, 2.75) is 347 Å². The van der Waals surface area contributed by atoms with E-state index in [0.29, 0.717) is 17.4 Å². The first-order valence-corrected chi connectivity index (χ1v) is 37.6. The minimum absolute atomic E-state index is 0.0315. The van der Waals surface area contributed by atoms with Crippen LogP contribution in [0.25, 0.3) is 0 Å². The third-order valence-corrected chi connectivity index (χ3v) is 17.0. The van der Waals surface area contributed by atoms with E-state index in [1.165, 1.54) is 231 Å². The molecule has 0 saturated heterocycles. The number of carbonyl (C=O) groups is 2. The first kappa shape index (κ1) is 82.5. The second-order valence-corrected chi connectivity index (χ2v) is 27.0. The Morgan fingerprint density at radius 3 is 1.00 bits per heavy atom. The molecule has 0 aliphatic heterocycles. The predicted octanol–water partition coefficient (Wildman–Crippen LogP) is 22.9. The molecule has 0 heterocycles. The van der Waals surface area contributed by atoms with Gasteiger partial charge in [0, 0.05) is 12.8 Å². The van der Waals surface area contributed by atoms with Gasteiger partial charge in [0.15, 0.2) is 6.10 Å². The number of allylic oxidation sites excluding steroid dienone is 12. The number of nitrogens with zero attached hydrogens (tertiary/aromatic N) is 1. The molecule has 2 unspecified atom stereocenters. The summed E-state index contributed by atoms with van der Waals surface area (Å²) in [4.78, 5) is 38.1. The molecular weight excluding hydrogens is 1070 g/mol. The number of esters is 2. The highest BCUT2D eigenvalue weighted by Gasteiger charge is 2.22. The van der Waals surface area contributed by atoms with Crippen molar-refractivity contribution in [2.75, 3.05) is 47.5 Å². The maximum atomic E-state index is 12.9. The normalized spacial score (nSPS) is 13.5. The maximum Gasteiger partial charge on any atom is 0.306 e. The Morgan fingerprint density at radius 1 is 0.376 bits per heavy atom. The minimum Gasteiger partial charge on any atom is -0.756 e. The Kier molecular flexibility index (Phi) is 63.9. The number of rotatable bonds is 67. The standard InChI is InChI=1S/C75H138NO8P/c1-6-8-10-12-14-16-18-20-22-24-26-28-30-32-34-36-38-40-42-44-46-48-50-52-54-56-58-60-62-64-66-68-75(78)84-73(72-83-85(79,80)82-70-69-76(3,4)5)71-81-74(77)67-65-63-61-59-57-55-53-51-49-47-45-43-41-39-37-35-33-31-29-27-25-23-21-19-17-15-13-11-9-7-2/h8,10,14,16,20,22,26,28,32,34,38,40,73H,6-7,9,11-13,15,17-19,21,23-25,27,29-31,33,35-37,39,41-72H2,1-5H3/b10-8-,16-14-,22-20-,28-26-,34-32-,40-38-. The smallest absolute Gasteiger partial charge is 0.306 e. The van der Waals surface area contributed by atoms with Crippen molar-refractivity contribution in [3.63, 3.8) is 0 Å². The number of likely N-dealkylation sites (N-methyl/N-ethyl adjacent to an activating group) is 1. The number of unbranched alkanes of at least 4 members (excludes halogenated alkanes) is 41. The van der Waals surface area contributed by atoms with Crippen molar-refractivity contribution >= 4 is 19.8 Å². The number of ether oxygens (including phenoxy) is 2. The fourth-order valence-electron chi connectivity index (χ4n) is 10.5. The van der Waals surface area contributed by atoms with Crippen LogP contribution in [0.4, 0.5) is 0 Å². The molecule has 0 spiro atoms. The second-order valence-electron chi connectivity index (χ2n) is 25.6. The largest absolute Gasteiger partial charge is 0.756 e. The highest BCUT2D eigenvalue weighted by atomic mass is 31.2. The highest BCUT2D eigenvalue weighted by Crippen LogP contribution is 2.38. The monoisotopic (exact) mass is 1210 g/mol. The van der Waals surface area contributed by atoms with Crippen LogP contribution in [0.1, 0.15) is 341 Å². The fourth-order valence-corrected chi connectivity index (χ4v) is 11.2. The minimum atomic E-state index is -4.64. The van der Waals surface area contributed by atoms with Crippen LogP contribution >= 0.6 is 7.82 Å². The van der Waals surface area contributed by atoms with Crippen molar-refractivity contribution in [3.05, 3.63) is 72.9 Å². The van der Waals surface area contributed by atoms with Gasteiger partial charge < -0.3 is 27.9 Å². The highest BCUT2D eigenvalue weighted by molar-refractivity contribution is 7.45. The summed E-state index contributed by atoms with van der Waals surface area (Å²) in [5, 5.41) is 0. The van der Waals surface area contributed by atoms with E-state index >= 15 is 0 Å². The van der Waals surface area contributed by atoms with E-state index in [1.54, 1.807) is 0 Å². The van der Waals surface area contributed by atoms with Crippen molar-refractivity contribution < 1.29 is 42.1 Å². The summed E-state index contributed by atoms with van der Waals surface area (Å²) in [5.74, 6) is -0.821. The fraction of sp³-hybridized carbons (Fsp3) is 0.813. The summed E-state index contributed by atoms with van der Waals surface area (Å²) < 4.78 is 34.4. The number of carbonyl (C=O) groups excluding carboxylic acids is 2. The molecule has 2 atom stereocenters. The molecule has 496 valence electrons. The molecule has 85 heavy (non-hydrogen) atoms. The zero-order chi connectivity index (χ0) is 61.9. The van der Waals surface area contributed by atoms with Crippen LogP contribution in [-0.4, -0.2) is 70.0 Å². The Hall–Kier alpha value is -2.55. The van der Waals surface area contributed by atoms with Gasteiger partial charge in [-0.25, -0.2) is 0 Å². The third-order valence-electron chi connectivity index (χ3n) is 16.0. The summed E-state index contributed by atoms with van der Waals surface area (Å²) in [6.07, 6.45) is 88.5. The first-order chi connectivity index (χ1) is 41.5. The maximum absolute atomic E-state index is 12.9. The van der Waals surface area contributed by atoms with Crippen LogP contribution in [0.3, 0.4) is 0 Å². The van der Waals surface area contributed by atoms with Crippen LogP contribution < -0.4 is 4.89 Å². The van der Waals surface area contributed by atoms with Gasteiger partial charge >= 0.3 is 11.9 Å². The van der Waals surface area contributed by atoms with Crippen LogP contribution in [0, 0.1) is 0 Å². The lowest BCUT2D eigenvalue weighted by Gasteiger charge is -2.28. The zero-order valence-corrected chi connectivity index (χ0v) is 57.5. The second kappa shape index (κ2) is 65.9. The first-order valence-electron chi connectivity index (χ1n) is 36.1. The lowest BCUT2D eigenvalue weighted by molar-refractivity contribution is -0.870. The molecule has 0 N–H and O–H groups in total. The molecule has 0 radical (unpaired) electrons. The third kappa shape index (κ3) is 70.4. The molecule has 0 fully saturated rings. The molecular formula is C75H138NO8P. The molecule has 0 aliphatic rings. The Labute approximate surface area is 527 Å². The molecule has 0 rings (SSSR count). The van der Waals surface area contributed by atoms with E-state index in [0.717, 1.165) is 77.0 Å². The van der Waals surface area contributed by atoms with Gasteiger partial charge in [-0.2, -0.15) is 0 Å². The van der Waals surface area contributed by atoms with Gasteiger partial charge in [0.05, 0.1) is 27.7 Å². The SMILES string of the molecule is CC/C=C\C/C=C\C/C=C\C/C=C\C/C=C\C/C=C\CCCCCCCCCCCCCCC(=O)OC(COC(=O)CCCCCCCCCCCCCCCCCCCCCCCCCCCCCCCC)COP(=O)([O-])OCC[N+](C)(C)C. The van der Waals surface area contributed by atoms with E-state index in [1.807, 2.05) is 21.1 Å². The van der Waals surface area contributed by atoms with Gasteiger partial charge in [-0.1, -0.05) is 337 Å². The summed E-state index contributed by atoms with van der Waals surface area (Å²) in [5.41, 5.74) is 0. The van der Waals surface area contributed by atoms with Gasteiger partial charge in [-0.3, -0.25) is 14.2 Å². The van der Waals surface area contributed by atoms with Crippen LogP contribution in [-0.2, 0) is 32.7 Å². The predicted molar refractivity (Wildman–Crippen MR) is 365 cm³/mol. The van der Waals surface area contributed by atoms with Crippen molar-refractivity contribution in [3.8, 4) is 0 Å². The molecule has 0 aromatic carbocycles. The van der Waals surface area contributed by atoms with Gasteiger partial charge in [0.1, 0.15) is 19.8 Å². The van der Waals surface area contributed by atoms with Crippen LogP contribution in [0.15, 0.2) is 72.9 Å². The number of hydrogen-bond acceptors (Lipinski definition) is 8. The van der Waals surface area contributed by atoms with Gasteiger partial charge in [-0.05, 0) is 64.2 Å². The number of phosphoric ester groups is 1. The van der Waals surface area contributed by atoms with Gasteiger partial charge in [0.2, 0.25) is 0 Å². The molecule has 10 heteroatoms. The van der Waals surface area contributed by atoms with E-state index < -0.39 is 26.5 Å². The quantitative estimate of drug-likeness (QED) is 0.0195. The molecule has 0 aliphatic carbocycles. The average Bonchev–Trinajstić information content (AvgIpc) is 3.50. The zero-order valence-electron chi connectivity index (χ0n) is 56.6. The number of quaternary nitrogens is 1. The lowest BCUT2D eigenvalue weighted by atomic mass is 10.0. The van der Waals surface area contributed by atoms with E-state index in [9.17, 15) is 19.0 Å². The van der Waals surface area contributed by atoms with E-state index in [2.05, 4.69) is 86.8 Å². The molecule has 0 aromatic rings.